The second-order valence-corrected chi connectivity index (χ2v) is 6.78. The minimum absolute atomic E-state index is 0.0334. The predicted molar refractivity (Wildman–Crippen MR) is 83.3 cm³/mol. The molecule has 0 radical (unpaired) electrons. The van der Waals surface area contributed by atoms with E-state index in [0.717, 1.165) is 21.4 Å². The monoisotopic (exact) mass is 305 g/mol. The summed E-state index contributed by atoms with van der Waals surface area (Å²) in [6.45, 7) is 3.08. The van der Waals surface area contributed by atoms with Gasteiger partial charge in [0.25, 0.3) is 0 Å². The van der Waals surface area contributed by atoms with Gasteiger partial charge in [0.05, 0.1) is 19.1 Å². The van der Waals surface area contributed by atoms with Gasteiger partial charge in [-0.05, 0) is 30.9 Å². The largest absolute Gasteiger partial charge is 0.383 e. The van der Waals surface area contributed by atoms with E-state index in [4.69, 9.17) is 4.74 Å². The summed E-state index contributed by atoms with van der Waals surface area (Å²) in [7, 11) is 0. The maximum Gasteiger partial charge on any atom is 0.225 e. The zero-order valence-electron chi connectivity index (χ0n) is 12.0. The molecule has 1 fully saturated rings. The van der Waals surface area contributed by atoms with Crippen LogP contribution in [-0.4, -0.2) is 30.8 Å². The number of amides is 1. The third kappa shape index (κ3) is 3.10. The number of nitrogens with one attached hydrogen (secondary N) is 1. The van der Waals surface area contributed by atoms with Crippen LogP contribution in [0.4, 0.5) is 0 Å². The Labute approximate surface area is 127 Å². The molecular weight excluding hydrogens is 286 g/mol. The lowest BCUT2D eigenvalue weighted by atomic mass is 10.0. The zero-order chi connectivity index (χ0) is 14.9. The number of hydrogen-bond acceptors (Lipinski definition) is 4. The summed E-state index contributed by atoms with van der Waals surface area (Å²) in [5, 5.41) is 14.6. The molecule has 1 saturated heterocycles. The molecule has 2 N–H and O–H groups in total. The average Bonchev–Trinajstić information content (AvgIpc) is 3.13. The molecule has 0 spiro atoms. The Hall–Kier alpha value is -1.43. The molecule has 1 aromatic heterocycles. The van der Waals surface area contributed by atoms with E-state index in [1.165, 1.54) is 0 Å². The molecule has 0 unspecified atom stereocenters. The Kier molecular flexibility index (Phi) is 3.97. The molecular formula is C16H19NO3S. The van der Waals surface area contributed by atoms with Crippen LogP contribution >= 0.6 is 11.3 Å². The fourth-order valence-corrected chi connectivity index (χ4v) is 3.59. The quantitative estimate of drug-likeness (QED) is 0.911. The maximum absolute atomic E-state index is 12.0. The predicted octanol–water partition coefficient (Wildman–Crippen LogP) is 2.26. The molecule has 3 rings (SSSR count). The number of rotatable bonds is 4. The van der Waals surface area contributed by atoms with Crippen molar-refractivity contribution in [2.75, 3.05) is 19.8 Å². The molecule has 0 aliphatic carbocycles. The van der Waals surface area contributed by atoms with Gasteiger partial charge in [-0.2, -0.15) is 0 Å². The summed E-state index contributed by atoms with van der Waals surface area (Å²) in [5.41, 5.74) is -1.06. The van der Waals surface area contributed by atoms with Crippen LogP contribution in [0.1, 0.15) is 18.2 Å². The molecule has 21 heavy (non-hydrogen) atoms. The maximum atomic E-state index is 12.0. The molecule has 0 bridgehead atoms. The molecule has 1 aliphatic heterocycles. The smallest absolute Gasteiger partial charge is 0.225 e. The lowest BCUT2D eigenvalue weighted by Crippen LogP contribution is -2.41. The minimum Gasteiger partial charge on any atom is -0.383 e. The zero-order valence-corrected chi connectivity index (χ0v) is 12.8. The Balaban J connectivity index is 1.69. The lowest BCUT2D eigenvalue weighted by molar-refractivity contribution is -0.126. The molecule has 1 aromatic carbocycles. The number of ether oxygens (including phenoxy) is 1. The van der Waals surface area contributed by atoms with Crippen molar-refractivity contribution in [3.63, 3.8) is 0 Å². The molecule has 1 aliphatic rings. The Morgan fingerprint density at radius 2 is 2.33 bits per heavy atom. The highest BCUT2D eigenvalue weighted by atomic mass is 32.1. The topological polar surface area (TPSA) is 58.6 Å². The van der Waals surface area contributed by atoms with E-state index < -0.39 is 5.60 Å². The number of thiophene rings is 1. The third-order valence-electron chi connectivity index (χ3n) is 3.86. The first-order valence-corrected chi connectivity index (χ1v) is 7.95. The normalized spacial score (nSPS) is 21.3. The van der Waals surface area contributed by atoms with Gasteiger partial charge in [0.15, 0.2) is 0 Å². The summed E-state index contributed by atoms with van der Waals surface area (Å²) < 4.78 is 6.36. The number of fused-ring (bicyclic) bond motifs is 1. The standard InChI is InChI=1S/C16H19NO3S/c1-16(19,10-17-15(18)12-6-7-20-9-12)14-8-11-4-2-3-5-13(11)21-14/h2-5,8,12,19H,6-7,9-10H2,1H3,(H,17,18)/t12-,16+/m0/s1. The van der Waals surface area contributed by atoms with Crippen molar-refractivity contribution in [2.45, 2.75) is 18.9 Å². The average molecular weight is 305 g/mol. The summed E-state index contributed by atoms with van der Waals surface area (Å²) >= 11 is 1.56. The minimum atomic E-state index is -1.06. The van der Waals surface area contributed by atoms with E-state index in [9.17, 15) is 9.90 Å². The third-order valence-corrected chi connectivity index (χ3v) is 5.23. The van der Waals surface area contributed by atoms with Gasteiger partial charge in [0.1, 0.15) is 5.60 Å². The van der Waals surface area contributed by atoms with Crippen molar-refractivity contribution in [3.8, 4) is 0 Å². The SMILES string of the molecule is C[C@@](O)(CNC(=O)[C@H]1CCOC1)c1cc2ccccc2s1. The van der Waals surface area contributed by atoms with E-state index in [-0.39, 0.29) is 18.4 Å². The van der Waals surface area contributed by atoms with Gasteiger partial charge in [0.2, 0.25) is 5.91 Å². The van der Waals surface area contributed by atoms with Gasteiger partial charge in [-0.25, -0.2) is 0 Å². The highest BCUT2D eigenvalue weighted by Crippen LogP contribution is 2.32. The number of benzene rings is 1. The van der Waals surface area contributed by atoms with E-state index in [2.05, 4.69) is 5.32 Å². The number of carbonyl (C=O) groups is 1. The Bertz CT molecular complexity index is 611. The van der Waals surface area contributed by atoms with Crippen LogP contribution in [0.5, 0.6) is 0 Å². The fourth-order valence-electron chi connectivity index (χ4n) is 2.48. The van der Waals surface area contributed by atoms with Gasteiger partial charge in [-0.1, -0.05) is 18.2 Å². The van der Waals surface area contributed by atoms with Crippen LogP contribution in [0, 0.1) is 5.92 Å². The second kappa shape index (κ2) is 5.75. The van der Waals surface area contributed by atoms with Crippen molar-refractivity contribution in [2.24, 2.45) is 5.92 Å². The summed E-state index contributed by atoms with van der Waals surface area (Å²) in [6.07, 6.45) is 0.761. The van der Waals surface area contributed by atoms with Crippen molar-refractivity contribution in [1.82, 2.24) is 5.32 Å². The van der Waals surface area contributed by atoms with Crippen molar-refractivity contribution < 1.29 is 14.6 Å². The molecule has 2 aromatic rings. The highest BCUT2D eigenvalue weighted by Gasteiger charge is 2.29. The van der Waals surface area contributed by atoms with Gasteiger partial charge >= 0.3 is 0 Å². The molecule has 4 nitrogen and oxygen atoms in total. The van der Waals surface area contributed by atoms with Crippen LogP contribution < -0.4 is 5.32 Å². The van der Waals surface area contributed by atoms with Crippen molar-refractivity contribution in [3.05, 3.63) is 35.2 Å². The van der Waals surface area contributed by atoms with Crippen LogP contribution in [0.3, 0.4) is 0 Å². The second-order valence-electron chi connectivity index (χ2n) is 5.70. The molecule has 112 valence electrons. The molecule has 5 heteroatoms. The molecule has 0 saturated carbocycles. The van der Waals surface area contributed by atoms with Crippen molar-refractivity contribution in [1.29, 1.82) is 0 Å². The van der Waals surface area contributed by atoms with Crippen LogP contribution in [0.25, 0.3) is 10.1 Å². The van der Waals surface area contributed by atoms with Crippen molar-refractivity contribution >= 4 is 27.3 Å². The van der Waals surface area contributed by atoms with Gasteiger partial charge in [-0.15, -0.1) is 11.3 Å². The first kappa shape index (κ1) is 14.5. The first-order chi connectivity index (χ1) is 10.1. The van der Waals surface area contributed by atoms with E-state index >= 15 is 0 Å². The molecule has 2 atom stereocenters. The van der Waals surface area contributed by atoms with Crippen LogP contribution in [0.2, 0.25) is 0 Å². The number of aliphatic hydroxyl groups is 1. The van der Waals surface area contributed by atoms with Crippen LogP contribution in [-0.2, 0) is 15.1 Å². The number of carbonyl (C=O) groups excluding carboxylic acids is 1. The molecule has 2 heterocycles. The number of hydrogen-bond donors (Lipinski definition) is 2. The van der Waals surface area contributed by atoms with Gasteiger partial charge < -0.3 is 15.2 Å². The van der Waals surface area contributed by atoms with Gasteiger partial charge in [-0.3, -0.25) is 4.79 Å². The van der Waals surface area contributed by atoms with E-state index in [1.54, 1.807) is 18.3 Å². The highest BCUT2D eigenvalue weighted by molar-refractivity contribution is 7.19. The fraction of sp³-hybridized carbons (Fsp3) is 0.438. The Morgan fingerprint density at radius 3 is 3.05 bits per heavy atom. The van der Waals surface area contributed by atoms with Crippen LogP contribution in [0.15, 0.2) is 30.3 Å². The lowest BCUT2D eigenvalue weighted by Gasteiger charge is -2.23. The van der Waals surface area contributed by atoms with Gasteiger partial charge in [0, 0.05) is 16.2 Å². The Morgan fingerprint density at radius 1 is 1.52 bits per heavy atom. The summed E-state index contributed by atoms with van der Waals surface area (Å²) in [5.74, 6) is -0.114. The summed E-state index contributed by atoms with van der Waals surface area (Å²) in [4.78, 5) is 12.9. The first-order valence-electron chi connectivity index (χ1n) is 7.13. The molecule has 1 amide bonds. The summed E-state index contributed by atoms with van der Waals surface area (Å²) in [6, 6.07) is 10.0. The van der Waals surface area contributed by atoms with E-state index in [0.29, 0.717) is 13.2 Å². The van der Waals surface area contributed by atoms with E-state index in [1.807, 2.05) is 30.3 Å².